The van der Waals surface area contributed by atoms with Crippen molar-refractivity contribution >= 4 is 22.9 Å². The van der Waals surface area contributed by atoms with Crippen molar-refractivity contribution in [1.82, 2.24) is 5.32 Å². The predicted octanol–water partition coefficient (Wildman–Crippen LogP) is 3.07. The van der Waals surface area contributed by atoms with Crippen molar-refractivity contribution in [1.29, 1.82) is 0 Å². The summed E-state index contributed by atoms with van der Waals surface area (Å²) in [5.41, 5.74) is 2.74. The van der Waals surface area contributed by atoms with Gasteiger partial charge in [0.15, 0.2) is 0 Å². The molecule has 2 rings (SSSR count). The molecule has 2 aromatic rings. The Bertz CT molecular complexity index is 549. The Morgan fingerprint density at radius 2 is 2.11 bits per heavy atom. The van der Waals surface area contributed by atoms with E-state index >= 15 is 0 Å². The highest BCUT2D eigenvalue weighted by atomic mass is 32.1. The summed E-state index contributed by atoms with van der Waals surface area (Å²) in [5, 5.41) is 8.15. The fraction of sp³-hybridized carbons (Fsp3) is 0.267. The lowest BCUT2D eigenvalue weighted by molar-refractivity contribution is 0.0962. The Kier molecular flexibility index (Phi) is 4.58. The van der Waals surface area contributed by atoms with Crippen LogP contribution in [0, 0.1) is 6.92 Å². The van der Waals surface area contributed by atoms with Crippen LogP contribution in [0.5, 0.6) is 0 Å². The molecule has 1 amide bonds. The lowest BCUT2D eigenvalue weighted by atomic mass is 10.1. The van der Waals surface area contributed by atoms with Crippen LogP contribution in [0.4, 0.5) is 5.69 Å². The Hall–Kier alpha value is -1.81. The highest BCUT2D eigenvalue weighted by Crippen LogP contribution is 2.19. The lowest BCUT2D eigenvalue weighted by Gasteiger charge is -2.12. The van der Waals surface area contributed by atoms with Gasteiger partial charge in [0.2, 0.25) is 0 Å². The molecule has 0 atom stereocenters. The van der Waals surface area contributed by atoms with E-state index < -0.39 is 0 Å². The molecule has 0 aliphatic carbocycles. The van der Waals surface area contributed by atoms with Gasteiger partial charge in [-0.1, -0.05) is 12.1 Å². The maximum absolute atomic E-state index is 11.7. The van der Waals surface area contributed by atoms with Gasteiger partial charge >= 0.3 is 0 Å². The van der Waals surface area contributed by atoms with Gasteiger partial charge in [-0.05, 0) is 42.5 Å². The first-order valence-electron chi connectivity index (χ1n) is 6.30. The van der Waals surface area contributed by atoms with E-state index in [4.69, 9.17) is 0 Å². The maximum Gasteiger partial charge on any atom is 0.251 e. The van der Waals surface area contributed by atoms with E-state index in [1.807, 2.05) is 25.1 Å². The van der Waals surface area contributed by atoms with Gasteiger partial charge in [-0.2, -0.15) is 0 Å². The van der Waals surface area contributed by atoms with Crippen LogP contribution in [0.2, 0.25) is 0 Å². The van der Waals surface area contributed by atoms with E-state index in [9.17, 15) is 4.79 Å². The molecule has 0 fully saturated rings. The number of hydrogen-bond donors (Lipinski definition) is 2. The minimum atomic E-state index is -0.0422. The molecule has 3 nitrogen and oxygen atoms in total. The summed E-state index contributed by atoms with van der Waals surface area (Å²) in [6.07, 6.45) is 1.00. The molecule has 19 heavy (non-hydrogen) atoms. The SMILES string of the molecule is CNC(=O)c1cccc(NCCc2cccs2)c1C. The van der Waals surface area contributed by atoms with E-state index in [1.165, 1.54) is 4.88 Å². The molecule has 0 aliphatic heterocycles. The average Bonchev–Trinajstić information content (AvgIpc) is 2.93. The predicted molar refractivity (Wildman–Crippen MR) is 81.1 cm³/mol. The molecule has 1 aromatic heterocycles. The molecule has 0 spiro atoms. The first-order chi connectivity index (χ1) is 9.22. The molecule has 0 unspecified atom stereocenters. The summed E-state index contributed by atoms with van der Waals surface area (Å²) in [4.78, 5) is 13.1. The van der Waals surface area contributed by atoms with E-state index in [-0.39, 0.29) is 5.91 Å². The van der Waals surface area contributed by atoms with Crippen LogP contribution in [-0.2, 0) is 6.42 Å². The molecule has 2 N–H and O–H groups in total. The largest absolute Gasteiger partial charge is 0.384 e. The summed E-state index contributed by atoms with van der Waals surface area (Å²) in [6.45, 7) is 2.84. The van der Waals surface area contributed by atoms with Crippen molar-refractivity contribution in [3.05, 3.63) is 51.7 Å². The Morgan fingerprint density at radius 1 is 1.26 bits per heavy atom. The number of hydrogen-bond acceptors (Lipinski definition) is 3. The third kappa shape index (κ3) is 3.35. The standard InChI is InChI=1S/C15H18N2OS/c1-11-13(15(18)16-2)6-3-7-14(11)17-9-8-12-5-4-10-19-12/h3-7,10,17H,8-9H2,1-2H3,(H,16,18). The number of thiophene rings is 1. The number of carbonyl (C=O) groups excluding carboxylic acids is 1. The van der Waals surface area contributed by atoms with Crippen LogP contribution in [0.25, 0.3) is 0 Å². The highest BCUT2D eigenvalue weighted by molar-refractivity contribution is 7.09. The van der Waals surface area contributed by atoms with Crippen molar-refractivity contribution in [2.24, 2.45) is 0 Å². The molecular weight excluding hydrogens is 256 g/mol. The quantitative estimate of drug-likeness (QED) is 0.879. The van der Waals surface area contributed by atoms with Crippen molar-refractivity contribution in [2.45, 2.75) is 13.3 Å². The van der Waals surface area contributed by atoms with E-state index in [2.05, 4.69) is 28.1 Å². The summed E-state index contributed by atoms with van der Waals surface area (Å²) in [6, 6.07) is 9.97. The van der Waals surface area contributed by atoms with Gasteiger partial charge in [-0.15, -0.1) is 11.3 Å². The summed E-state index contributed by atoms with van der Waals surface area (Å²) in [5.74, 6) is -0.0422. The zero-order valence-corrected chi connectivity index (χ0v) is 12.0. The summed E-state index contributed by atoms with van der Waals surface area (Å²) < 4.78 is 0. The third-order valence-corrected chi connectivity index (χ3v) is 4.01. The number of anilines is 1. The van der Waals surface area contributed by atoms with E-state index in [0.717, 1.165) is 29.8 Å². The fourth-order valence-corrected chi connectivity index (χ4v) is 2.69. The Labute approximate surface area is 117 Å². The molecule has 0 radical (unpaired) electrons. The Balaban J connectivity index is 2.02. The Morgan fingerprint density at radius 3 is 2.79 bits per heavy atom. The van der Waals surface area contributed by atoms with Crippen molar-refractivity contribution < 1.29 is 4.79 Å². The zero-order valence-electron chi connectivity index (χ0n) is 11.2. The van der Waals surface area contributed by atoms with E-state index in [0.29, 0.717) is 0 Å². The molecule has 4 heteroatoms. The molecular formula is C15H18N2OS. The minimum absolute atomic E-state index is 0.0422. The van der Waals surface area contributed by atoms with Crippen molar-refractivity contribution in [3.63, 3.8) is 0 Å². The number of nitrogens with one attached hydrogen (secondary N) is 2. The highest BCUT2D eigenvalue weighted by Gasteiger charge is 2.09. The molecule has 100 valence electrons. The second kappa shape index (κ2) is 6.38. The second-order valence-electron chi connectivity index (χ2n) is 4.31. The van der Waals surface area contributed by atoms with Gasteiger partial charge in [-0.3, -0.25) is 4.79 Å². The molecule has 0 saturated heterocycles. The molecule has 1 heterocycles. The van der Waals surface area contributed by atoms with Crippen LogP contribution in [0.15, 0.2) is 35.7 Å². The number of amides is 1. The summed E-state index contributed by atoms with van der Waals surface area (Å²) >= 11 is 1.77. The normalized spacial score (nSPS) is 10.2. The summed E-state index contributed by atoms with van der Waals surface area (Å²) in [7, 11) is 1.65. The number of rotatable bonds is 5. The van der Waals surface area contributed by atoms with Gasteiger partial charge in [0.1, 0.15) is 0 Å². The van der Waals surface area contributed by atoms with Crippen LogP contribution < -0.4 is 10.6 Å². The van der Waals surface area contributed by atoms with Crippen LogP contribution in [0.3, 0.4) is 0 Å². The fourth-order valence-electron chi connectivity index (χ4n) is 1.98. The number of carbonyl (C=O) groups is 1. The minimum Gasteiger partial charge on any atom is -0.384 e. The smallest absolute Gasteiger partial charge is 0.251 e. The average molecular weight is 274 g/mol. The second-order valence-corrected chi connectivity index (χ2v) is 5.35. The van der Waals surface area contributed by atoms with Gasteiger partial charge in [-0.25, -0.2) is 0 Å². The monoisotopic (exact) mass is 274 g/mol. The molecule has 1 aromatic carbocycles. The lowest BCUT2D eigenvalue weighted by Crippen LogP contribution is -2.19. The first kappa shape index (κ1) is 13.6. The molecule has 0 bridgehead atoms. The van der Waals surface area contributed by atoms with E-state index in [1.54, 1.807) is 18.4 Å². The van der Waals surface area contributed by atoms with Crippen LogP contribution >= 0.6 is 11.3 Å². The zero-order chi connectivity index (χ0) is 13.7. The molecule has 0 saturated carbocycles. The van der Waals surface area contributed by atoms with Crippen LogP contribution in [-0.4, -0.2) is 19.5 Å². The topological polar surface area (TPSA) is 41.1 Å². The number of benzene rings is 1. The van der Waals surface area contributed by atoms with Crippen molar-refractivity contribution in [2.75, 3.05) is 18.9 Å². The first-order valence-corrected chi connectivity index (χ1v) is 7.18. The van der Waals surface area contributed by atoms with Crippen molar-refractivity contribution in [3.8, 4) is 0 Å². The molecule has 0 aliphatic rings. The van der Waals surface area contributed by atoms with Crippen LogP contribution in [0.1, 0.15) is 20.8 Å². The van der Waals surface area contributed by atoms with Gasteiger partial charge < -0.3 is 10.6 Å². The van der Waals surface area contributed by atoms with Gasteiger partial charge in [0.05, 0.1) is 0 Å². The van der Waals surface area contributed by atoms with Gasteiger partial charge in [0.25, 0.3) is 5.91 Å². The third-order valence-electron chi connectivity index (χ3n) is 3.07. The maximum atomic E-state index is 11.7. The van der Waals surface area contributed by atoms with Gasteiger partial charge in [0, 0.05) is 29.7 Å².